The van der Waals surface area contributed by atoms with E-state index in [0.29, 0.717) is 36.6 Å². The minimum Gasteiger partial charge on any atom is -0.306 e. The Morgan fingerprint density at radius 2 is 1.75 bits per heavy atom. The highest BCUT2D eigenvalue weighted by Crippen LogP contribution is 2.28. The number of halogens is 1. The number of nitrogens with zero attached hydrogens (tertiary/aromatic N) is 3. The summed E-state index contributed by atoms with van der Waals surface area (Å²) in [6, 6.07) is 21.0. The summed E-state index contributed by atoms with van der Waals surface area (Å²) < 4.78 is 27.6. The molecule has 32 heavy (non-hydrogen) atoms. The average Bonchev–Trinajstić information content (AvgIpc) is 2.84. The van der Waals surface area contributed by atoms with E-state index >= 15 is 0 Å². The molecule has 1 amide bonds. The van der Waals surface area contributed by atoms with Gasteiger partial charge in [-0.1, -0.05) is 35.9 Å². The van der Waals surface area contributed by atoms with Gasteiger partial charge in [0.1, 0.15) is 0 Å². The molecular formula is C24H24ClN3O3S. The lowest BCUT2D eigenvalue weighted by atomic mass is 9.97. The van der Waals surface area contributed by atoms with Crippen molar-refractivity contribution >= 4 is 33.2 Å². The lowest BCUT2D eigenvalue weighted by molar-refractivity contribution is -0.123. The number of anilines is 1. The highest BCUT2D eigenvalue weighted by Gasteiger charge is 2.35. The first-order chi connectivity index (χ1) is 15.4. The first kappa shape index (κ1) is 22.5. The molecular weight excluding hydrogens is 446 g/mol. The molecule has 1 aliphatic heterocycles. The fraction of sp³-hybridized carbons (Fsp3) is 0.250. The number of pyridine rings is 1. The molecule has 2 aromatic carbocycles. The number of carbonyl (C=O) groups excluding carboxylic acids is 1. The zero-order valence-corrected chi connectivity index (χ0v) is 19.0. The van der Waals surface area contributed by atoms with Gasteiger partial charge in [0.05, 0.1) is 23.1 Å². The molecule has 0 saturated carbocycles. The third-order valence-electron chi connectivity index (χ3n) is 5.56. The maximum Gasteiger partial charge on any atom is 0.243 e. The molecule has 1 fully saturated rings. The van der Waals surface area contributed by atoms with Crippen LogP contribution in [0.3, 0.4) is 0 Å². The van der Waals surface area contributed by atoms with Crippen molar-refractivity contribution in [3.05, 3.63) is 89.7 Å². The molecule has 0 spiro atoms. The molecule has 1 aliphatic rings. The highest BCUT2D eigenvalue weighted by atomic mass is 35.5. The van der Waals surface area contributed by atoms with E-state index in [1.54, 1.807) is 65.7 Å². The van der Waals surface area contributed by atoms with Crippen LogP contribution in [0, 0.1) is 5.92 Å². The number of sulfonamides is 1. The third-order valence-corrected chi connectivity index (χ3v) is 7.70. The molecule has 0 aliphatic carbocycles. The van der Waals surface area contributed by atoms with Crippen molar-refractivity contribution in [3.63, 3.8) is 0 Å². The van der Waals surface area contributed by atoms with Gasteiger partial charge in [0.25, 0.3) is 0 Å². The fourth-order valence-electron chi connectivity index (χ4n) is 3.90. The maximum atomic E-state index is 13.6. The molecule has 2 heterocycles. The van der Waals surface area contributed by atoms with E-state index in [0.717, 1.165) is 5.69 Å². The molecule has 166 valence electrons. The Labute approximate surface area is 193 Å². The van der Waals surface area contributed by atoms with Gasteiger partial charge in [-0.3, -0.25) is 9.78 Å². The van der Waals surface area contributed by atoms with Gasteiger partial charge in [-0.25, -0.2) is 8.42 Å². The lowest BCUT2D eigenvalue weighted by Crippen LogP contribution is -2.46. The smallest absolute Gasteiger partial charge is 0.243 e. The summed E-state index contributed by atoms with van der Waals surface area (Å²) in [5.41, 5.74) is 1.45. The number of amides is 1. The number of rotatable bonds is 6. The minimum absolute atomic E-state index is 0.120. The average molecular weight is 470 g/mol. The van der Waals surface area contributed by atoms with Crippen LogP contribution in [-0.2, 0) is 21.4 Å². The topological polar surface area (TPSA) is 70.6 Å². The van der Waals surface area contributed by atoms with Gasteiger partial charge in [-0.15, -0.1) is 0 Å². The van der Waals surface area contributed by atoms with Crippen molar-refractivity contribution < 1.29 is 13.2 Å². The zero-order chi connectivity index (χ0) is 22.6. The normalized spacial score (nSPS) is 17.1. The molecule has 1 saturated heterocycles. The van der Waals surface area contributed by atoms with Crippen LogP contribution in [0.4, 0.5) is 5.69 Å². The van der Waals surface area contributed by atoms with Crippen molar-refractivity contribution in [2.24, 2.45) is 5.92 Å². The second-order valence-corrected chi connectivity index (χ2v) is 10.1. The fourth-order valence-corrected chi connectivity index (χ4v) is 5.57. The third kappa shape index (κ3) is 5.01. The lowest BCUT2D eigenvalue weighted by Gasteiger charge is -2.34. The van der Waals surface area contributed by atoms with Gasteiger partial charge in [-0.2, -0.15) is 4.31 Å². The van der Waals surface area contributed by atoms with E-state index in [9.17, 15) is 13.2 Å². The molecule has 1 aromatic heterocycles. The van der Waals surface area contributed by atoms with Gasteiger partial charge in [0, 0.05) is 30.0 Å². The molecule has 6 nitrogen and oxygen atoms in total. The van der Waals surface area contributed by atoms with Crippen molar-refractivity contribution in [1.29, 1.82) is 0 Å². The SMILES string of the molecule is O=C(C1CCCN(S(=O)(=O)c2ccccc2)C1)N(Cc1ccccn1)c1ccc(Cl)cc1. The van der Waals surface area contributed by atoms with Crippen molar-refractivity contribution in [2.75, 3.05) is 18.0 Å². The Morgan fingerprint density at radius 3 is 2.44 bits per heavy atom. The van der Waals surface area contributed by atoms with Gasteiger partial charge in [0.15, 0.2) is 0 Å². The van der Waals surface area contributed by atoms with Crippen LogP contribution in [0.5, 0.6) is 0 Å². The number of benzene rings is 2. The van der Waals surface area contributed by atoms with Crippen LogP contribution < -0.4 is 4.90 Å². The monoisotopic (exact) mass is 469 g/mol. The van der Waals surface area contributed by atoms with E-state index in [1.807, 2.05) is 18.2 Å². The van der Waals surface area contributed by atoms with E-state index < -0.39 is 15.9 Å². The van der Waals surface area contributed by atoms with Gasteiger partial charge < -0.3 is 4.90 Å². The van der Waals surface area contributed by atoms with Gasteiger partial charge >= 0.3 is 0 Å². The predicted octanol–water partition coefficient (Wildman–Crippen LogP) is 4.37. The Morgan fingerprint density at radius 1 is 1.03 bits per heavy atom. The summed E-state index contributed by atoms with van der Waals surface area (Å²) in [6.45, 7) is 0.855. The van der Waals surface area contributed by atoms with E-state index in [2.05, 4.69) is 4.98 Å². The van der Waals surface area contributed by atoms with Gasteiger partial charge in [-0.05, 0) is 61.4 Å². The largest absolute Gasteiger partial charge is 0.306 e. The molecule has 0 N–H and O–H groups in total. The van der Waals surface area contributed by atoms with Crippen LogP contribution in [-0.4, -0.2) is 36.7 Å². The molecule has 0 bridgehead atoms. The van der Waals surface area contributed by atoms with Crippen LogP contribution in [0.15, 0.2) is 83.9 Å². The standard InChI is InChI=1S/C24H24ClN3O3S/c25-20-11-13-22(14-12-20)28(18-21-8-4-5-15-26-21)24(29)19-7-6-16-27(17-19)32(30,31)23-9-2-1-3-10-23/h1-5,8-15,19H,6-7,16-18H2. The summed E-state index contributed by atoms with van der Waals surface area (Å²) in [4.78, 5) is 19.9. The number of hydrogen-bond acceptors (Lipinski definition) is 4. The van der Waals surface area contributed by atoms with Gasteiger partial charge in [0.2, 0.25) is 15.9 Å². The summed E-state index contributed by atoms with van der Waals surface area (Å²) in [5, 5.41) is 0.580. The summed E-state index contributed by atoms with van der Waals surface area (Å²) in [7, 11) is -3.65. The van der Waals surface area contributed by atoms with E-state index in [-0.39, 0.29) is 17.3 Å². The maximum absolute atomic E-state index is 13.6. The number of carbonyl (C=O) groups is 1. The summed E-state index contributed by atoms with van der Waals surface area (Å²) in [5.74, 6) is -0.562. The Kier molecular flexibility index (Phi) is 6.89. The molecule has 4 rings (SSSR count). The molecule has 0 radical (unpaired) electrons. The first-order valence-corrected chi connectivity index (χ1v) is 12.3. The first-order valence-electron chi connectivity index (χ1n) is 10.5. The quantitative estimate of drug-likeness (QED) is 0.537. The molecule has 1 unspecified atom stereocenters. The molecule has 3 aromatic rings. The Bertz CT molecular complexity index is 1160. The summed E-state index contributed by atoms with van der Waals surface area (Å²) >= 11 is 6.04. The minimum atomic E-state index is -3.65. The second kappa shape index (κ2) is 9.81. The zero-order valence-electron chi connectivity index (χ0n) is 17.5. The van der Waals surface area contributed by atoms with Crippen molar-refractivity contribution in [3.8, 4) is 0 Å². The van der Waals surface area contributed by atoms with Crippen LogP contribution in [0.2, 0.25) is 5.02 Å². The predicted molar refractivity (Wildman–Crippen MR) is 125 cm³/mol. The van der Waals surface area contributed by atoms with Crippen LogP contribution in [0.1, 0.15) is 18.5 Å². The van der Waals surface area contributed by atoms with E-state index in [4.69, 9.17) is 11.6 Å². The second-order valence-electron chi connectivity index (χ2n) is 7.74. The number of aromatic nitrogens is 1. The Hall–Kier alpha value is -2.74. The molecule has 1 atom stereocenters. The Balaban J connectivity index is 1.59. The van der Waals surface area contributed by atoms with Crippen LogP contribution in [0.25, 0.3) is 0 Å². The molecule has 8 heteroatoms. The highest BCUT2D eigenvalue weighted by molar-refractivity contribution is 7.89. The van der Waals surface area contributed by atoms with Crippen LogP contribution >= 0.6 is 11.6 Å². The number of piperidine rings is 1. The summed E-state index contributed by atoms with van der Waals surface area (Å²) in [6.07, 6.45) is 2.95. The number of hydrogen-bond donors (Lipinski definition) is 0. The van der Waals surface area contributed by atoms with Crippen molar-refractivity contribution in [2.45, 2.75) is 24.3 Å². The van der Waals surface area contributed by atoms with E-state index in [1.165, 1.54) is 4.31 Å². The van der Waals surface area contributed by atoms with Crippen molar-refractivity contribution in [1.82, 2.24) is 9.29 Å².